The fourth-order valence-electron chi connectivity index (χ4n) is 3.18. The van der Waals surface area contributed by atoms with Crippen molar-refractivity contribution in [1.29, 1.82) is 5.26 Å². The lowest BCUT2D eigenvalue weighted by atomic mass is 9.88. The van der Waals surface area contributed by atoms with Crippen LogP contribution in [-0.2, 0) is 6.61 Å². The number of rotatable bonds is 1. The first-order valence-corrected chi connectivity index (χ1v) is 7.88. The number of fused-ring (bicyclic) bond motifs is 2. The third-order valence-electron chi connectivity index (χ3n) is 4.51. The number of ether oxygens (including phenoxy) is 1. The van der Waals surface area contributed by atoms with Crippen LogP contribution in [0.5, 0.6) is 5.75 Å². The Balaban J connectivity index is 2.03. The van der Waals surface area contributed by atoms with Gasteiger partial charge in [-0.15, -0.1) is 6.42 Å². The molecule has 0 radical (unpaired) electrons. The summed E-state index contributed by atoms with van der Waals surface area (Å²) in [5.74, 6) is 3.02. The van der Waals surface area contributed by atoms with Gasteiger partial charge in [0.05, 0.1) is 6.07 Å². The van der Waals surface area contributed by atoms with E-state index in [1.165, 1.54) is 12.1 Å². The van der Waals surface area contributed by atoms with E-state index in [0.717, 1.165) is 46.2 Å². The zero-order chi connectivity index (χ0) is 16.7. The summed E-state index contributed by atoms with van der Waals surface area (Å²) in [7, 11) is 0. The van der Waals surface area contributed by atoms with E-state index in [9.17, 15) is 9.65 Å². The molecule has 2 nitrogen and oxygen atoms in total. The first-order valence-electron chi connectivity index (χ1n) is 7.88. The number of terminal acetylenes is 1. The molecule has 1 saturated carbocycles. The summed E-state index contributed by atoms with van der Waals surface area (Å²) < 4.78 is 19.5. The van der Waals surface area contributed by atoms with Crippen LogP contribution in [0.2, 0.25) is 0 Å². The maximum absolute atomic E-state index is 13.7. The molecule has 24 heavy (non-hydrogen) atoms. The van der Waals surface area contributed by atoms with Crippen LogP contribution in [0, 0.1) is 35.4 Å². The third-order valence-corrected chi connectivity index (χ3v) is 4.51. The summed E-state index contributed by atoms with van der Waals surface area (Å²) in [6.07, 6.45) is 7.53. The quantitative estimate of drug-likeness (QED) is 0.576. The van der Waals surface area contributed by atoms with E-state index in [-0.39, 0.29) is 11.7 Å². The van der Waals surface area contributed by atoms with Gasteiger partial charge in [-0.3, -0.25) is 0 Å². The van der Waals surface area contributed by atoms with Gasteiger partial charge in [-0.05, 0) is 54.2 Å². The highest BCUT2D eigenvalue weighted by Crippen LogP contribution is 2.46. The number of hydrogen-bond donors (Lipinski definition) is 0. The molecule has 1 aliphatic heterocycles. The highest BCUT2D eigenvalue weighted by molar-refractivity contribution is 5.89. The Bertz CT molecular complexity index is 955. The lowest BCUT2D eigenvalue weighted by Crippen LogP contribution is -1.98. The molecule has 2 aromatic carbocycles. The molecule has 4 rings (SSSR count). The summed E-state index contributed by atoms with van der Waals surface area (Å²) in [6, 6.07) is 12.6. The summed E-state index contributed by atoms with van der Waals surface area (Å²) in [5.41, 5.74) is 5.01. The van der Waals surface area contributed by atoms with Crippen LogP contribution in [0.15, 0.2) is 42.0 Å². The van der Waals surface area contributed by atoms with Gasteiger partial charge in [-0.25, -0.2) is 4.39 Å². The van der Waals surface area contributed by atoms with Crippen molar-refractivity contribution in [3.05, 3.63) is 70.0 Å². The van der Waals surface area contributed by atoms with E-state index in [1.807, 2.05) is 18.2 Å². The zero-order valence-electron chi connectivity index (χ0n) is 13.0. The molecule has 2 aliphatic rings. The minimum Gasteiger partial charge on any atom is -0.488 e. The summed E-state index contributed by atoms with van der Waals surface area (Å²) >= 11 is 0. The van der Waals surface area contributed by atoms with Crippen molar-refractivity contribution in [2.45, 2.75) is 19.4 Å². The van der Waals surface area contributed by atoms with Crippen LogP contribution in [0.1, 0.15) is 35.1 Å². The Hall–Kier alpha value is -3.04. The molecule has 1 aliphatic carbocycles. The van der Waals surface area contributed by atoms with Gasteiger partial charge < -0.3 is 4.74 Å². The second-order valence-corrected chi connectivity index (χ2v) is 6.12. The van der Waals surface area contributed by atoms with Crippen molar-refractivity contribution in [1.82, 2.24) is 0 Å². The van der Waals surface area contributed by atoms with Crippen molar-refractivity contribution in [3.63, 3.8) is 0 Å². The second-order valence-electron chi connectivity index (χ2n) is 6.12. The predicted molar refractivity (Wildman–Crippen MR) is 89.5 cm³/mol. The van der Waals surface area contributed by atoms with Crippen LogP contribution >= 0.6 is 0 Å². The van der Waals surface area contributed by atoms with Crippen LogP contribution in [0.25, 0.3) is 5.57 Å². The highest BCUT2D eigenvalue weighted by atomic mass is 19.1. The molecule has 3 heteroatoms. The van der Waals surface area contributed by atoms with Gasteiger partial charge in [-0.1, -0.05) is 12.0 Å². The monoisotopic (exact) mass is 315 g/mol. The summed E-state index contributed by atoms with van der Waals surface area (Å²) in [4.78, 5) is 0. The molecule has 1 fully saturated rings. The van der Waals surface area contributed by atoms with Gasteiger partial charge in [0.1, 0.15) is 18.2 Å². The van der Waals surface area contributed by atoms with Crippen LogP contribution in [0.3, 0.4) is 0 Å². The van der Waals surface area contributed by atoms with Crippen LogP contribution in [-0.4, -0.2) is 0 Å². The number of halogens is 1. The SMILES string of the molecule is C#Cc1ccc2c(c1)COc1cc(F)ccc1C2=C(C#N)C1CC1. The van der Waals surface area contributed by atoms with E-state index in [1.54, 1.807) is 6.07 Å². The van der Waals surface area contributed by atoms with Gasteiger partial charge >= 0.3 is 0 Å². The Morgan fingerprint density at radius 1 is 1.17 bits per heavy atom. The molecule has 1 heterocycles. The maximum atomic E-state index is 13.7. The standard InChI is InChI=1S/C21H14FNO/c1-2-13-3-7-17-15(9-13)12-24-20-10-16(22)6-8-18(20)21(17)19(11-23)14-4-5-14/h1,3,6-10,14H,4-5,12H2. The Labute approximate surface area is 140 Å². The van der Waals surface area contributed by atoms with Gasteiger partial charge in [-0.2, -0.15) is 5.26 Å². The lowest BCUT2D eigenvalue weighted by molar-refractivity contribution is 0.305. The second kappa shape index (κ2) is 5.55. The molecule has 0 N–H and O–H groups in total. The molecule has 0 spiro atoms. The molecule has 0 atom stereocenters. The van der Waals surface area contributed by atoms with E-state index >= 15 is 0 Å². The van der Waals surface area contributed by atoms with Crippen molar-refractivity contribution < 1.29 is 9.13 Å². The molecular weight excluding hydrogens is 301 g/mol. The highest BCUT2D eigenvalue weighted by Gasteiger charge is 2.32. The van der Waals surface area contributed by atoms with Gasteiger partial charge in [0, 0.05) is 28.3 Å². The number of benzene rings is 2. The molecule has 0 bridgehead atoms. The van der Waals surface area contributed by atoms with Crippen LogP contribution < -0.4 is 4.74 Å². The Morgan fingerprint density at radius 3 is 2.67 bits per heavy atom. The van der Waals surface area contributed by atoms with E-state index < -0.39 is 0 Å². The normalized spacial score (nSPS) is 17.5. The zero-order valence-corrected chi connectivity index (χ0v) is 13.0. The van der Waals surface area contributed by atoms with E-state index in [0.29, 0.717) is 12.4 Å². The summed E-state index contributed by atoms with van der Waals surface area (Å²) in [5, 5.41) is 9.73. The maximum Gasteiger partial charge on any atom is 0.130 e. The molecule has 0 amide bonds. The number of hydrogen-bond acceptors (Lipinski definition) is 2. The van der Waals surface area contributed by atoms with Gasteiger partial charge in [0.25, 0.3) is 0 Å². The van der Waals surface area contributed by atoms with E-state index in [4.69, 9.17) is 11.2 Å². The molecule has 2 aromatic rings. The molecule has 0 saturated heterocycles. The van der Waals surface area contributed by atoms with E-state index in [2.05, 4.69) is 12.0 Å². The first kappa shape index (κ1) is 14.5. The number of nitriles is 1. The predicted octanol–water partition coefficient (Wildman–Crippen LogP) is 4.43. The van der Waals surface area contributed by atoms with Crippen molar-refractivity contribution >= 4 is 5.57 Å². The fourth-order valence-corrected chi connectivity index (χ4v) is 3.18. The summed E-state index contributed by atoms with van der Waals surface area (Å²) in [6.45, 7) is 0.300. The lowest BCUT2D eigenvalue weighted by Gasteiger charge is -2.13. The molecular formula is C21H14FNO. The Morgan fingerprint density at radius 2 is 1.96 bits per heavy atom. The van der Waals surface area contributed by atoms with Gasteiger partial charge in [0.15, 0.2) is 0 Å². The van der Waals surface area contributed by atoms with Crippen molar-refractivity contribution in [3.8, 4) is 24.2 Å². The molecule has 0 aromatic heterocycles. The van der Waals surface area contributed by atoms with Crippen molar-refractivity contribution in [2.75, 3.05) is 0 Å². The minimum atomic E-state index is -0.353. The number of nitrogens with zero attached hydrogens (tertiary/aromatic N) is 1. The smallest absolute Gasteiger partial charge is 0.130 e. The first-order chi connectivity index (χ1) is 11.7. The minimum absolute atomic E-state index is 0.279. The average Bonchev–Trinajstić information content (AvgIpc) is 3.43. The average molecular weight is 315 g/mol. The van der Waals surface area contributed by atoms with Crippen molar-refractivity contribution in [2.24, 2.45) is 5.92 Å². The third kappa shape index (κ3) is 2.36. The fraction of sp³-hybridized carbons (Fsp3) is 0.190. The molecule has 0 unspecified atom stereocenters. The topological polar surface area (TPSA) is 33.0 Å². The largest absolute Gasteiger partial charge is 0.488 e. The van der Waals surface area contributed by atoms with Gasteiger partial charge in [0.2, 0.25) is 0 Å². The molecule has 116 valence electrons. The Kier molecular flexibility index (Phi) is 3.36. The van der Waals surface area contributed by atoms with Crippen LogP contribution in [0.4, 0.5) is 4.39 Å². The number of allylic oxidation sites excluding steroid dienone is 1.